The van der Waals surface area contributed by atoms with Crippen molar-refractivity contribution in [3.63, 3.8) is 0 Å². The van der Waals surface area contributed by atoms with Gasteiger partial charge in [-0.05, 0) is 29.8 Å². The molecule has 1 aromatic heterocycles. The maximum Gasteiger partial charge on any atom is 0.341 e. The number of benzene rings is 2. The molecular formula is C19H18N2O3. The van der Waals surface area contributed by atoms with E-state index in [0.29, 0.717) is 11.3 Å². The molecule has 0 atom stereocenters. The van der Waals surface area contributed by atoms with E-state index in [0.717, 1.165) is 16.5 Å². The number of hydrogen-bond donors (Lipinski definition) is 1. The van der Waals surface area contributed by atoms with Gasteiger partial charge in [0, 0.05) is 25.0 Å². The molecule has 24 heavy (non-hydrogen) atoms. The highest BCUT2D eigenvalue weighted by atomic mass is 16.5. The number of carbonyl (C=O) groups excluding carboxylic acids is 1. The van der Waals surface area contributed by atoms with Crippen LogP contribution in [0.2, 0.25) is 0 Å². The Kier molecular flexibility index (Phi) is 4.33. The second-order valence-electron chi connectivity index (χ2n) is 5.46. The first-order chi connectivity index (χ1) is 11.6. The Morgan fingerprint density at radius 2 is 1.88 bits per heavy atom. The van der Waals surface area contributed by atoms with Crippen molar-refractivity contribution in [2.75, 3.05) is 11.9 Å². The molecule has 122 valence electrons. The summed E-state index contributed by atoms with van der Waals surface area (Å²) < 4.78 is 6.44. The van der Waals surface area contributed by atoms with Crippen LogP contribution in [-0.2, 0) is 11.8 Å². The fourth-order valence-corrected chi connectivity index (χ4v) is 2.53. The van der Waals surface area contributed by atoms with Gasteiger partial charge in [0.15, 0.2) is 0 Å². The third-order valence-electron chi connectivity index (χ3n) is 3.75. The van der Waals surface area contributed by atoms with Crippen LogP contribution in [0.4, 0.5) is 11.4 Å². The molecule has 3 aromatic rings. The quantitative estimate of drug-likeness (QED) is 0.747. The zero-order valence-corrected chi connectivity index (χ0v) is 13.6. The Morgan fingerprint density at radius 1 is 1.12 bits per heavy atom. The monoisotopic (exact) mass is 322 g/mol. The highest BCUT2D eigenvalue weighted by molar-refractivity contribution is 5.96. The van der Waals surface area contributed by atoms with Crippen molar-refractivity contribution in [3.05, 3.63) is 70.6 Å². The van der Waals surface area contributed by atoms with Crippen molar-refractivity contribution in [2.24, 2.45) is 7.05 Å². The Balaban J connectivity index is 2.02. The second-order valence-corrected chi connectivity index (χ2v) is 5.46. The van der Waals surface area contributed by atoms with Crippen molar-refractivity contribution in [3.8, 4) is 0 Å². The lowest BCUT2D eigenvalue weighted by molar-refractivity contribution is 0.0526. The maximum atomic E-state index is 12.2. The minimum atomic E-state index is -0.462. The standard InChI is InChI=1S/C19H18N2O3/c1-3-24-19(23)16-12-21(2)18(22)11-17(16)20-15-9-8-13-6-4-5-7-14(13)10-15/h4-12,20H,3H2,1-2H3. The number of carbonyl (C=O) groups is 1. The minimum absolute atomic E-state index is 0.202. The van der Waals surface area contributed by atoms with Gasteiger partial charge >= 0.3 is 5.97 Å². The summed E-state index contributed by atoms with van der Waals surface area (Å²) in [6.07, 6.45) is 1.49. The summed E-state index contributed by atoms with van der Waals surface area (Å²) in [6.45, 7) is 2.02. The minimum Gasteiger partial charge on any atom is -0.462 e. The number of rotatable bonds is 4. The van der Waals surface area contributed by atoms with E-state index in [1.807, 2.05) is 42.5 Å². The lowest BCUT2D eigenvalue weighted by atomic mass is 10.1. The van der Waals surface area contributed by atoms with Gasteiger partial charge in [-0.2, -0.15) is 0 Å². The van der Waals surface area contributed by atoms with Crippen LogP contribution in [0, 0.1) is 0 Å². The van der Waals surface area contributed by atoms with Crippen molar-refractivity contribution in [1.29, 1.82) is 0 Å². The highest BCUT2D eigenvalue weighted by Crippen LogP contribution is 2.24. The van der Waals surface area contributed by atoms with Crippen LogP contribution >= 0.6 is 0 Å². The van der Waals surface area contributed by atoms with E-state index in [2.05, 4.69) is 5.32 Å². The zero-order chi connectivity index (χ0) is 17.1. The molecule has 0 aliphatic rings. The normalized spacial score (nSPS) is 10.6. The molecule has 0 saturated heterocycles. The fraction of sp³-hybridized carbons (Fsp3) is 0.158. The fourth-order valence-electron chi connectivity index (χ4n) is 2.53. The van der Waals surface area contributed by atoms with Gasteiger partial charge in [0.2, 0.25) is 0 Å². The average Bonchev–Trinajstić information content (AvgIpc) is 2.58. The largest absolute Gasteiger partial charge is 0.462 e. The molecule has 1 N–H and O–H groups in total. The van der Waals surface area contributed by atoms with Crippen molar-refractivity contribution >= 4 is 28.1 Å². The van der Waals surface area contributed by atoms with Gasteiger partial charge in [-0.3, -0.25) is 4.79 Å². The van der Waals surface area contributed by atoms with Gasteiger partial charge < -0.3 is 14.6 Å². The number of esters is 1. The summed E-state index contributed by atoms with van der Waals surface area (Å²) in [6, 6.07) is 15.3. The first-order valence-electron chi connectivity index (χ1n) is 7.72. The highest BCUT2D eigenvalue weighted by Gasteiger charge is 2.15. The molecule has 1 heterocycles. The lowest BCUT2D eigenvalue weighted by Gasteiger charge is -2.13. The smallest absolute Gasteiger partial charge is 0.341 e. The summed E-state index contributed by atoms with van der Waals surface area (Å²) in [5.74, 6) is -0.462. The van der Waals surface area contributed by atoms with E-state index >= 15 is 0 Å². The van der Waals surface area contributed by atoms with Crippen LogP contribution in [0.25, 0.3) is 10.8 Å². The summed E-state index contributed by atoms with van der Waals surface area (Å²) in [7, 11) is 1.60. The van der Waals surface area contributed by atoms with Crippen LogP contribution in [0.15, 0.2) is 59.5 Å². The predicted octanol–water partition coefficient (Wildman–Crippen LogP) is 3.46. The topological polar surface area (TPSA) is 60.3 Å². The number of nitrogens with one attached hydrogen (secondary N) is 1. The van der Waals surface area contributed by atoms with E-state index in [-0.39, 0.29) is 12.2 Å². The number of aryl methyl sites for hydroxylation is 1. The molecule has 2 aromatic carbocycles. The van der Waals surface area contributed by atoms with E-state index in [9.17, 15) is 9.59 Å². The summed E-state index contributed by atoms with van der Waals surface area (Å²) >= 11 is 0. The van der Waals surface area contributed by atoms with E-state index in [4.69, 9.17) is 4.74 Å². The summed E-state index contributed by atoms with van der Waals surface area (Å²) in [4.78, 5) is 24.1. The van der Waals surface area contributed by atoms with E-state index in [1.165, 1.54) is 16.8 Å². The van der Waals surface area contributed by atoms with Gasteiger partial charge in [-0.15, -0.1) is 0 Å². The van der Waals surface area contributed by atoms with Crippen molar-refractivity contribution in [1.82, 2.24) is 4.57 Å². The third kappa shape index (κ3) is 3.15. The number of aromatic nitrogens is 1. The van der Waals surface area contributed by atoms with Gasteiger partial charge in [0.1, 0.15) is 0 Å². The van der Waals surface area contributed by atoms with Crippen molar-refractivity contribution < 1.29 is 9.53 Å². The van der Waals surface area contributed by atoms with Crippen LogP contribution in [0.1, 0.15) is 17.3 Å². The van der Waals surface area contributed by atoms with Gasteiger partial charge in [-0.1, -0.05) is 30.3 Å². The third-order valence-corrected chi connectivity index (χ3v) is 3.75. The first kappa shape index (κ1) is 15.8. The number of pyridine rings is 1. The van der Waals surface area contributed by atoms with Crippen LogP contribution in [0.5, 0.6) is 0 Å². The Bertz CT molecular complexity index is 960. The van der Waals surface area contributed by atoms with Gasteiger partial charge in [0.05, 0.1) is 17.9 Å². The molecule has 3 rings (SSSR count). The molecule has 0 aliphatic heterocycles. The molecule has 5 heteroatoms. The summed E-state index contributed by atoms with van der Waals surface area (Å²) in [5.41, 5.74) is 1.36. The number of hydrogen-bond acceptors (Lipinski definition) is 4. The second kappa shape index (κ2) is 6.58. The molecule has 0 bridgehead atoms. The van der Waals surface area contributed by atoms with Crippen LogP contribution in [0.3, 0.4) is 0 Å². The Morgan fingerprint density at radius 3 is 2.62 bits per heavy atom. The van der Waals surface area contributed by atoms with Gasteiger partial charge in [0.25, 0.3) is 5.56 Å². The molecule has 0 spiro atoms. The number of ether oxygens (including phenoxy) is 1. The lowest BCUT2D eigenvalue weighted by Crippen LogP contribution is -2.20. The Labute approximate surface area is 139 Å². The first-order valence-corrected chi connectivity index (χ1v) is 7.72. The molecular weight excluding hydrogens is 304 g/mol. The van der Waals surface area contributed by atoms with Crippen LogP contribution in [-0.4, -0.2) is 17.1 Å². The van der Waals surface area contributed by atoms with E-state index in [1.54, 1.807) is 14.0 Å². The molecule has 0 fully saturated rings. The van der Waals surface area contributed by atoms with E-state index < -0.39 is 5.97 Å². The zero-order valence-electron chi connectivity index (χ0n) is 13.6. The Hall–Kier alpha value is -3.08. The molecule has 0 unspecified atom stereocenters. The SMILES string of the molecule is CCOC(=O)c1cn(C)c(=O)cc1Nc1ccc2ccccc2c1. The maximum absolute atomic E-state index is 12.2. The number of nitrogens with zero attached hydrogens (tertiary/aromatic N) is 1. The molecule has 5 nitrogen and oxygen atoms in total. The number of anilines is 2. The molecule has 0 amide bonds. The summed E-state index contributed by atoms with van der Waals surface area (Å²) in [5, 5.41) is 5.35. The average molecular weight is 322 g/mol. The molecule has 0 saturated carbocycles. The van der Waals surface area contributed by atoms with Crippen LogP contribution < -0.4 is 10.9 Å². The van der Waals surface area contributed by atoms with Crippen molar-refractivity contribution in [2.45, 2.75) is 6.92 Å². The molecule has 0 aliphatic carbocycles. The predicted molar refractivity (Wildman–Crippen MR) is 94.9 cm³/mol. The molecule has 0 radical (unpaired) electrons. The number of fused-ring (bicyclic) bond motifs is 1. The van der Waals surface area contributed by atoms with Gasteiger partial charge in [-0.25, -0.2) is 4.79 Å².